The van der Waals surface area contributed by atoms with Crippen LogP contribution in [0.15, 0.2) is 42.5 Å². The van der Waals surface area contributed by atoms with Crippen molar-refractivity contribution in [2.75, 3.05) is 28.3 Å². The van der Waals surface area contributed by atoms with Gasteiger partial charge in [-0.2, -0.15) is 0 Å². The van der Waals surface area contributed by atoms with Crippen LogP contribution in [0.5, 0.6) is 11.5 Å². The van der Waals surface area contributed by atoms with Gasteiger partial charge in [-0.15, -0.1) is 0 Å². The fourth-order valence-electron chi connectivity index (χ4n) is 2.33. The first-order valence-electron chi connectivity index (χ1n) is 7.77. The summed E-state index contributed by atoms with van der Waals surface area (Å²) in [5.41, 5.74) is 0.728. The first kappa shape index (κ1) is 19.6. The van der Waals surface area contributed by atoms with Gasteiger partial charge in [0.05, 0.1) is 24.8 Å². The molecule has 7 heteroatoms. The molecule has 2 aromatic carbocycles. The van der Waals surface area contributed by atoms with E-state index in [-0.39, 0.29) is 16.5 Å². The molecule has 0 aliphatic rings. The lowest BCUT2D eigenvalue weighted by Crippen LogP contribution is -2.31. The fraction of sp³-hybridized carbons (Fsp3) is 0.263. The summed E-state index contributed by atoms with van der Waals surface area (Å²) in [4.78, 5) is 26.5. The third kappa shape index (κ3) is 4.26. The van der Waals surface area contributed by atoms with Crippen molar-refractivity contribution in [3.8, 4) is 11.5 Å². The minimum Gasteiger partial charge on any atom is -0.493 e. The first-order chi connectivity index (χ1) is 12.4. The summed E-state index contributed by atoms with van der Waals surface area (Å²) in [5.74, 6) is -0.440. The summed E-state index contributed by atoms with van der Waals surface area (Å²) in [5, 5.41) is 0.203. The number of carbonyl (C=O) groups is 2. The highest BCUT2D eigenvalue weighted by Crippen LogP contribution is 2.36. The van der Waals surface area contributed by atoms with Crippen LogP contribution in [0.4, 0.5) is 0 Å². The number of hydrogen-bond acceptors (Lipinski definition) is 5. The average Bonchev–Trinajstić information content (AvgIpc) is 2.65. The van der Waals surface area contributed by atoms with Crippen LogP contribution in [0.25, 0.3) is 0 Å². The van der Waals surface area contributed by atoms with Crippen LogP contribution in [0.3, 0.4) is 0 Å². The molecule has 0 aliphatic carbocycles. The smallest absolute Gasteiger partial charge is 0.339 e. The second-order valence-electron chi connectivity index (χ2n) is 5.62. The van der Waals surface area contributed by atoms with Gasteiger partial charge in [0, 0.05) is 19.7 Å². The van der Waals surface area contributed by atoms with Crippen molar-refractivity contribution in [1.29, 1.82) is 0 Å². The van der Waals surface area contributed by atoms with Gasteiger partial charge in [-0.25, -0.2) is 4.79 Å². The number of hydrogen-bond donors (Lipinski definition) is 0. The molecule has 1 atom stereocenters. The van der Waals surface area contributed by atoms with Crippen LogP contribution in [-0.4, -0.2) is 45.1 Å². The largest absolute Gasteiger partial charge is 0.493 e. The van der Waals surface area contributed by atoms with Gasteiger partial charge in [-0.1, -0.05) is 41.9 Å². The van der Waals surface area contributed by atoms with Gasteiger partial charge in [-0.3, -0.25) is 4.79 Å². The molecule has 138 valence electrons. The molecule has 6 nitrogen and oxygen atoms in total. The Hall–Kier alpha value is -2.73. The molecule has 26 heavy (non-hydrogen) atoms. The van der Waals surface area contributed by atoms with Crippen LogP contribution in [0.1, 0.15) is 22.0 Å². The van der Waals surface area contributed by atoms with Crippen molar-refractivity contribution in [2.24, 2.45) is 0 Å². The van der Waals surface area contributed by atoms with Crippen molar-refractivity contribution in [2.45, 2.75) is 6.10 Å². The topological polar surface area (TPSA) is 65.1 Å². The van der Waals surface area contributed by atoms with E-state index >= 15 is 0 Å². The van der Waals surface area contributed by atoms with Crippen molar-refractivity contribution in [3.05, 3.63) is 58.6 Å². The van der Waals surface area contributed by atoms with Crippen LogP contribution >= 0.6 is 11.6 Å². The molecule has 0 heterocycles. The van der Waals surface area contributed by atoms with Crippen molar-refractivity contribution >= 4 is 23.5 Å². The molecule has 0 fully saturated rings. The summed E-state index contributed by atoms with van der Waals surface area (Å²) < 4.78 is 15.8. The number of nitrogens with zero attached hydrogens (tertiary/aromatic N) is 1. The van der Waals surface area contributed by atoms with Gasteiger partial charge in [0.1, 0.15) is 0 Å². The number of halogens is 1. The quantitative estimate of drug-likeness (QED) is 0.722. The normalized spacial score (nSPS) is 11.4. The highest BCUT2D eigenvalue weighted by molar-refractivity contribution is 6.32. The number of carbonyl (C=O) groups excluding carboxylic acids is 2. The molecule has 0 N–H and O–H groups in total. The zero-order chi connectivity index (χ0) is 19.3. The number of methoxy groups -OCH3 is 2. The zero-order valence-corrected chi connectivity index (χ0v) is 15.7. The number of amides is 1. The SMILES string of the molecule is COc1cc(C(=O)O[C@@H](C(=O)N(C)C)c2ccccc2)cc(Cl)c1OC. The summed E-state index contributed by atoms with van der Waals surface area (Å²) in [6, 6.07) is 11.7. The van der Waals surface area contributed by atoms with Gasteiger partial charge in [0.15, 0.2) is 11.5 Å². The lowest BCUT2D eigenvalue weighted by atomic mass is 10.1. The van der Waals surface area contributed by atoms with E-state index in [9.17, 15) is 9.59 Å². The van der Waals surface area contributed by atoms with Gasteiger partial charge in [0.2, 0.25) is 6.10 Å². The first-order valence-corrected chi connectivity index (χ1v) is 8.15. The number of ether oxygens (including phenoxy) is 3. The summed E-state index contributed by atoms with van der Waals surface area (Å²) >= 11 is 6.14. The van der Waals surface area contributed by atoms with E-state index in [2.05, 4.69) is 0 Å². The third-order valence-corrected chi connectivity index (χ3v) is 3.94. The maximum atomic E-state index is 12.6. The van der Waals surface area contributed by atoms with Crippen LogP contribution in [-0.2, 0) is 9.53 Å². The Bertz CT molecular complexity index is 792. The van der Waals surface area contributed by atoms with Gasteiger partial charge in [0.25, 0.3) is 5.91 Å². The Morgan fingerprint density at radius 1 is 1.04 bits per heavy atom. The number of likely N-dealkylation sites (N-methyl/N-ethyl adjacent to an activating group) is 1. The van der Waals surface area contributed by atoms with Crippen LogP contribution < -0.4 is 9.47 Å². The number of benzene rings is 2. The summed E-state index contributed by atoms with van der Waals surface area (Å²) in [6.07, 6.45) is -1.06. The van der Waals surface area contributed by atoms with E-state index < -0.39 is 12.1 Å². The molecule has 0 saturated carbocycles. The Balaban J connectivity index is 2.36. The molecule has 0 aliphatic heterocycles. The van der Waals surface area contributed by atoms with E-state index in [4.69, 9.17) is 25.8 Å². The van der Waals surface area contributed by atoms with Gasteiger partial charge in [-0.05, 0) is 12.1 Å². The number of rotatable bonds is 6. The third-order valence-electron chi connectivity index (χ3n) is 3.66. The zero-order valence-electron chi connectivity index (χ0n) is 15.0. The van der Waals surface area contributed by atoms with Crippen molar-refractivity contribution < 1.29 is 23.8 Å². The lowest BCUT2D eigenvalue weighted by Gasteiger charge is -2.21. The van der Waals surface area contributed by atoms with Gasteiger partial charge < -0.3 is 19.1 Å². The Morgan fingerprint density at radius 2 is 1.69 bits per heavy atom. The minimum atomic E-state index is -1.06. The number of esters is 1. The second-order valence-corrected chi connectivity index (χ2v) is 6.03. The van der Waals surface area contributed by atoms with Crippen LogP contribution in [0, 0.1) is 0 Å². The predicted octanol–water partition coefficient (Wildman–Crippen LogP) is 3.34. The molecule has 0 saturated heterocycles. The molecular weight excluding hydrogens is 358 g/mol. The maximum Gasteiger partial charge on any atom is 0.339 e. The molecule has 0 unspecified atom stereocenters. The summed E-state index contributed by atoms with van der Waals surface area (Å²) in [7, 11) is 6.08. The van der Waals surface area contributed by atoms with Gasteiger partial charge >= 0.3 is 5.97 Å². The fourth-order valence-corrected chi connectivity index (χ4v) is 2.62. The second kappa shape index (κ2) is 8.58. The Labute approximate surface area is 157 Å². The molecule has 2 aromatic rings. The minimum absolute atomic E-state index is 0.153. The standard InChI is InChI=1S/C19H20ClNO5/c1-21(2)18(22)16(12-8-6-5-7-9-12)26-19(23)13-10-14(20)17(25-4)15(11-13)24-3/h5-11,16H,1-4H3/t16-/m1/s1. The average molecular weight is 378 g/mol. The summed E-state index contributed by atoms with van der Waals surface area (Å²) in [6.45, 7) is 0. The Morgan fingerprint density at radius 3 is 2.23 bits per heavy atom. The molecule has 0 bridgehead atoms. The van der Waals surface area contributed by atoms with E-state index in [1.165, 1.54) is 31.3 Å². The highest BCUT2D eigenvalue weighted by Gasteiger charge is 2.27. The van der Waals surface area contributed by atoms with E-state index in [0.29, 0.717) is 17.1 Å². The molecule has 0 radical (unpaired) electrons. The lowest BCUT2D eigenvalue weighted by molar-refractivity contribution is -0.138. The molecule has 2 rings (SSSR count). The van der Waals surface area contributed by atoms with E-state index in [1.807, 2.05) is 6.07 Å². The molecular formula is C19H20ClNO5. The van der Waals surface area contributed by atoms with E-state index in [0.717, 1.165) is 0 Å². The molecule has 0 spiro atoms. The monoisotopic (exact) mass is 377 g/mol. The maximum absolute atomic E-state index is 12.6. The Kier molecular flexibility index (Phi) is 6.46. The van der Waals surface area contributed by atoms with Crippen molar-refractivity contribution in [3.63, 3.8) is 0 Å². The molecule has 1 amide bonds. The highest BCUT2D eigenvalue weighted by atomic mass is 35.5. The predicted molar refractivity (Wildman–Crippen MR) is 97.8 cm³/mol. The molecule has 0 aromatic heterocycles. The van der Waals surface area contributed by atoms with Crippen molar-refractivity contribution in [1.82, 2.24) is 4.90 Å². The van der Waals surface area contributed by atoms with Crippen LogP contribution in [0.2, 0.25) is 5.02 Å². The van der Waals surface area contributed by atoms with E-state index in [1.54, 1.807) is 38.4 Å².